The molecular formula is C17H21N3O2. The predicted octanol–water partition coefficient (Wildman–Crippen LogP) is 1.74. The van der Waals surface area contributed by atoms with Crippen molar-refractivity contribution in [3.05, 3.63) is 36.0 Å². The first kappa shape index (κ1) is 14.6. The minimum atomic E-state index is -0.448. The lowest BCUT2D eigenvalue weighted by atomic mass is 9.97. The average molecular weight is 299 g/mol. The van der Waals surface area contributed by atoms with E-state index in [9.17, 15) is 9.59 Å². The first-order valence-corrected chi connectivity index (χ1v) is 7.72. The van der Waals surface area contributed by atoms with Gasteiger partial charge in [-0.3, -0.25) is 9.59 Å². The maximum Gasteiger partial charge on any atom is 0.243 e. The largest absolute Gasteiger partial charge is 0.361 e. The van der Waals surface area contributed by atoms with Crippen LogP contribution < -0.4 is 10.6 Å². The van der Waals surface area contributed by atoms with E-state index >= 15 is 0 Å². The SMILES string of the molecule is CC(C)[C@H]1NC(=O)[C@H](CCc2c[nH]c3ccccc23)NC1=O. The van der Waals surface area contributed by atoms with Crippen LogP contribution in [0.25, 0.3) is 10.9 Å². The average Bonchev–Trinajstić information content (AvgIpc) is 2.91. The number of hydrogen-bond donors (Lipinski definition) is 3. The maximum atomic E-state index is 12.1. The van der Waals surface area contributed by atoms with Gasteiger partial charge >= 0.3 is 0 Å². The van der Waals surface area contributed by atoms with Crippen LogP contribution in [-0.4, -0.2) is 28.9 Å². The summed E-state index contributed by atoms with van der Waals surface area (Å²) >= 11 is 0. The quantitative estimate of drug-likeness (QED) is 0.804. The molecule has 1 fully saturated rings. The predicted molar refractivity (Wildman–Crippen MR) is 85.3 cm³/mol. The zero-order valence-corrected chi connectivity index (χ0v) is 12.8. The molecule has 116 valence electrons. The van der Waals surface area contributed by atoms with Gasteiger partial charge in [-0.05, 0) is 30.4 Å². The summed E-state index contributed by atoms with van der Waals surface area (Å²) in [5, 5.41) is 6.84. The number of aryl methyl sites for hydroxylation is 1. The van der Waals surface area contributed by atoms with Crippen LogP contribution in [0, 0.1) is 5.92 Å². The molecule has 3 rings (SSSR count). The Bertz CT molecular complexity index is 705. The molecule has 1 saturated heterocycles. The second-order valence-corrected chi connectivity index (χ2v) is 6.19. The van der Waals surface area contributed by atoms with E-state index in [-0.39, 0.29) is 17.7 Å². The molecule has 1 aliphatic rings. The van der Waals surface area contributed by atoms with Crippen molar-refractivity contribution in [3.8, 4) is 0 Å². The third-order valence-electron chi connectivity index (χ3n) is 4.26. The smallest absolute Gasteiger partial charge is 0.243 e. The summed E-state index contributed by atoms with van der Waals surface area (Å²) in [6.07, 6.45) is 3.32. The van der Waals surface area contributed by atoms with Crippen molar-refractivity contribution < 1.29 is 9.59 Å². The van der Waals surface area contributed by atoms with Crippen molar-refractivity contribution in [3.63, 3.8) is 0 Å². The van der Waals surface area contributed by atoms with E-state index in [1.807, 2.05) is 38.2 Å². The van der Waals surface area contributed by atoms with Crippen molar-refractivity contribution in [1.82, 2.24) is 15.6 Å². The third-order valence-corrected chi connectivity index (χ3v) is 4.26. The second-order valence-electron chi connectivity index (χ2n) is 6.19. The highest BCUT2D eigenvalue weighted by molar-refractivity contribution is 5.97. The number of amides is 2. The van der Waals surface area contributed by atoms with Crippen LogP contribution in [0.3, 0.4) is 0 Å². The molecule has 0 aliphatic carbocycles. The standard InChI is InChI=1S/C17H21N3O2/c1-10(2)15-17(22)19-14(16(21)20-15)8-7-11-9-18-13-6-4-3-5-12(11)13/h3-6,9-10,14-15,18H,7-8H2,1-2H3,(H,19,22)(H,20,21)/t14-,15+/m0/s1. The van der Waals surface area contributed by atoms with E-state index in [0.29, 0.717) is 6.42 Å². The Balaban J connectivity index is 1.67. The van der Waals surface area contributed by atoms with Crippen molar-refractivity contribution in [2.75, 3.05) is 0 Å². The lowest BCUT2D eigenvalue weighted by Crippen LogP contribution is -2.63. The molecule has 0 unspecified atom stereocenters. The van der Waals surface area contributed by atoms with E-state index in [4.69, 9.17) is 0 Å². The van der Waals surface area contributed by atoms with Crippen molar-refractivity contribution >= 4 is 22.7 Å². The molecule has 2 aromatic rings. The van der Waals surface area contributed by atoms with Crippen LogP contribution in [-0.2, 0) is 16.0 Å². The van der Waals surface area contributed by atoms with Gasteiger partial charge in [0.05, 0.1) is 0 Å². The number of rotatable bonds is 4. The fourth-order valence-corrected chi connectivity index (χ4v) is 2.96. The summed E-state index contributed by atoms with van der Waals surface area (Å²) in [5.74, 6) is -0.0739. The lowest BCUT2D eigenvalue weighted by molar-refractivity contribution is -0.138. The number of H-pyrrole nitrogens is 1. The van der Waals surface area contributed by atoms with Crippen LogP contribution in [0.4, 0.5) is 0 Å². The van der Waals surface area contributed by atoms with E-state index < -0.39 is 12.1 Å². The van der Waals surface area contributed by atoms with Gasteiger partial charge in [0.15, 0.2) is 0 Å². The Morgan fingerprint density at radius 2 is 1.86 bits per heavy atom. The summed E-state index contributed by atoms with van der Waals surface area (Å²) in [6.45, 7) is 3.85. The number of para-hydroxylation sites is 1. The highest BCUT2D eigenvalue weighted by Gasteiger charge is 2.34. The molecule has 0 bridgehead atoms. The number of aromatic amines is 1. The molecule has 0 spiro atoms. The fourth-order valence-electron chi connectivity index (χ4n) is 2.96. The molecular weight excluding hydrogens is 278 g/mol. The van der Waals surface area contributed by atoms with Crippen LogP contribution >= 0.6 is 0 Å². The van der Waals surface area contributed by atoms with E-state index in [2.05, 4.69) is 21.7 Å². The number of aromatic nitrogens is 1. The van der Waals surface area contributed by atoms with Gasteiger partial charge in [-0.15, -0.1) is 0 Å². The number of carbonyl (C=O) groups is 2. The number of nitrogens with one attached hydrogen (secondary N) is 3. The summed E-state index contributed by atoms with van der Waals surface area (Å²) in [6, 6.07) is 7.22. The first-order chi connectivity index (χ1) is 10.6. The van der Waals surface area contributed by atoms with Gasteiger partial charge < -0.3 is 15.6 Å². The third kappa shape index (κ3) is 2.71. The van der Waals surface area contributed by atoms with Crippen LogP contribution in [0.15, 0.2) is 30.5 Å². The monoisotopic (exact) mass is 299 g/mol. The Morgan fingerprint density at radius 3 is 2.64 bits per heavy atom. The Morgan fingerprint density at radius 1 is 1.09 bits per heavy atom. The minimum absolute atomic E-state index is 0.0847. The maximum absolute atomic E-state index is 12.1. The zero-order valence-electron chi connectivity index (χ0n) is 12.8. The Labute approximate surface area is 129 Å². The number of piperazine rings is 1. The van der Waals surface area contributed by atoms with Gasteiger partial charge in [0.1, 0.15) is 12.1 Å². The topological polar surface area (TPSA) is 74.0 Å². The molecule has 0 saturated carbocycles. The van der Waals surface area contributed by atoms with Gasteiger partial charge in [-0.2, -0.15) is 0 Å². The highest BCUT2D eigenvalue weighted by atomic mass is 16.2. The fraction of sp³-hybridized carbons (Fsp3) is 0.412. The first-order valence-electron chi connectivity index (χ1n) is 7.72. The molecule has 1 aliphatic heterocycles. The normalized spacial score (nSPS) is 22.0. The molecule has 3 N–H and O–H groups in total. The number of carbonyl (C=O) groups excluding carboxylic acids is 2. The van der Waals surface area contributed by atoms with E-state index in [0.717, 1.165) is 11.9 Å². The molecule has 1 aromatic carbocycles. The molecule has 2 atom stereocenters. The van der Waals surface area contributed by atoms with E-state index in [1.54, 1.807) is 0 Å². The summed E-state index contributed by atoms with van der Waals surface area (Å²) in [5.41, 5.74) is 2.26. The van der Waals surface area contributed by atoms with E-state index in [1.165, 1.54) is 10.9 Å². The number of benzene rings is 1. The summed E-state index contributed by atoms with van der Waals surface area (Å²) in [4.78, 5) is 27.4. The number of fused-ring (bicyclic) bond motifs is 1. The van der Waals surface area contributed by atoms with Gasteiger partial charge in [0.2, 0.25) is 11.8 Å². The van der Waals surface area contributed by atoms with Gasteiger partial charge in [-0.1, -0.05) is 32.0 Å². The molecule has 2 heterocycles. The highest BCUT2D eigenvalue weighted by Crippen LogP contribution is 2.20. The minimum Gasteiger partial charge on any atom is -0.361 e. The van der Waals surface area contributed by atoms with Crippen LogP contribution in [0.1, 0.15) is 25.8 Å². The molecule has 5 nitrogen and oxygen atoms in total. The van der Waals surface area contributed by atoms with Gasteiger partial charge in [0, 0.05) is 17.1 Å². The van der Waals surface area contributed by atoms with Gasteiger partial charge in [0.25, 0.3) is 0 Å². The summed E-state index contributed by atoms with van der Waals surface area (Å²) in [7, 11) is 0. The molecule has 2 amide bonds. The second kappa shape index (κ2) is 5.83. The molecule has 22 heavy (non-hydrogen) atoms. The Hall–Kier alpha value is -2.30. The lowest BCUT2D eigenvalue weighted by Gasteiger charge is -2.31. The van der Waals surface area contributed by atoms with Crippen molar-refractivity contribution in [2.45, 2.75) is 38.8 Å². The molecule has 0 radical (unpaired) electrons. The zero-order chi connectivity index (χ0) is 15.7. The Kier molecular flexibility index (Phi) is 3.88. The molecule has 1 aromatic heterocycles. The number of hydrogen-bond acceptors (Lipinski definition) is 2. The summed E-state index contributed by atoms with van der Waals surface area (Å²) < 4.78 is 0. The van der Waals surface area contributed by atoms with Crippen molar-refractivity contribution in [1.29, 1.82) is 0 Å². The van der Waals surface area contributed by atoms with Crippen LogP contribution in [0.2, 0.25) is 0 Å². The molecule has 5 heteroatoms. The van der Waals surface area contributed by atoms with Gasteiger partial charge in [-0.25, -0.2) is 0 Å². The van der Waals surface area contributed by atoms with Crippen molar-refractivity contribution in [2.24, 2.45) is 5.92 Å². The van der Waals surface area contributed by atoms with Crippen LogP contribution in [0.5, 0.6) is 0 Å².